The van der Waals surface area contributed by atoms with Crippen LogP contribution in [0.25, 0.3) is 21.8 Å². The number of benzene rings is 2. The summed E-state index contributed by atoms with van der Waals surface area (Å²) < 4.78 is 11.1. The third-order valence-electron chi connectivity index (χ3n) is 4.96. The zero-order chi connectivity index (χ0) is 20.1. The highest BCUT2D eigenvalue weighted by Crippen LogP contribution is 2.24. The summed E-state index contributed by atoms with van der Waals surface area (Å²) in [6.45, 7) is 1.46. The molecule has 6 nitrogen and oxygen atoms in total. The van der Waals surface area contributed by atoms with Gasteiger partial charge in [0.1, 0.15) is 24.2 Å². The van der Waals surface area contributed by atoms with Crippen LogP contribution >= 0.6 is 0 Å². The van der Waals surface area contributed by atoms with Crippen LogP contribution in [0.4, 0.5) is 0 Å². The monoisotopic (exact) mass is 391 g/mol. The van der Waals surface area contributed by atoms with Gasteiger partial charge in [-0.1, -0.05) is 6.07 Å². The molecule has 6 heteroatoms. The minimum absolute atomic E-state index is 0.227. The Hall–Kier alpha value is -3.09. The molecule has 1 atom stereocenters. The number of nitrogens with zero attached hydrogens (tertiary/aromatic N) is 1. The number of aliphatic hydroxyl groups excluding tert-OH is 1. The van der Waals surface area contributed by atoms with Gasteiger partial charge in [0.25, 0.3) is 0 Å². The van der Waals surface area contributed by atoms with E-state index >= 15 is 0 Å². The Morgan fingerprint density at radius 1 is 1.14 bits per heavy atom. The molecule has 4 rings (SSSR count). The third-order valence-corrected chi connectivity index (χ3v) is 4.96. The molecule has 1 unspecified atom stereocenters. The standard InChI is InChI=1S/C23H25N3O3/c1-28-18-7-8-22-20(12-18)16(13-26-22)9-11-24-14-17(27)15-29-23-6-2-5-21-19(23)4-3-10-25-21/h2-8,10,12-13,17,24,26-27H,9,11,14-15H2,1H3. The summed E-state index contributed by atoms with van der Waals surface area (Å²) in [7, 11) is 1.67. The molecule has 0 fully saturated rings. The molecule has 0 aliphatic carbocycles. The van der Waals surface area contributed by atoms with E-state index in [1.54, 1.807) is 13.3 Å². The quantitative estimate of drug-likeness (QED) is 0.382. The van der Waals surface area contributed by atoms with Crippen molar-refractivity contribution < 1.29 is 14.6 Å². The summed E-state index contributed by atoms with van der Waals surface area (Å²) in [4.78, 5) is 7.61. The highest BCUT2D eigenvalue weighted by molar-refractivity contribution is 5.85. The SMILES string of the molecule is COc1ccc2[nH]cc(CCNCC(O)COc3cccc4ncccc34)c2c1. The molecule has 0 saturated carbocycles. The summed E-state index contributed by atoms with van der Waals surface area (Å²) in [6.07, 6.45) is 4.05. The Balaban J connectivity index is 1.26. The van der Waals surface area contributed by atoms with Gasteiger partial charge >= 0.3 is 0 Å². The van der Waals surface area contributed by atoms with Crippen molar-refractivity contribution in [2.75, 3.05) is 26.8 Å². The van der Waals surface area contributed by atoms with Crippen LogP contribution in [0.2, 0.25) is 0 Å². The van der Waals surface area contributed by atoms with E-state index < -0.39 is 6.10 Å². The van der Waals surface area contributed by atoms with Gasteiger partial charge in [-0.2, -0.15) is 0 Å². The third kappa shape index (κ3) is 4.50. The fraction of sp³-hybridized carbons (Fsp3) is 0.261. The maximum atomic E-state index is 10.3. The van der Waals surface area contributed by atoms with E-state index in [9.17, 15) is 5.11 Å². The number of aromatic nitrogens is 2. The lowest BCUT2D eigenvalue weighted by atomic mass is 10.1. The number of pyridine rings is 1. The van der Waals surface area contributed by atoms with E-state index in [1.165, 1.54) is 10.9 Å². The summed E-state index contributed by atoms with van der Waals surface area (Å²) >= 11 is 0. The summed E-state index contributed by atoms with van der Waals surface area (Å²) in [5, 5.41) is 15.7. The van der Waals surface area contributed by atoms with E-state index in [4.69, 9.17) is 9.47 Å². The first kappa shape index (κ1) is 19.2. The van der Waals surface area contributed by atoms with Crippen LogP contribution < -0.4 is 14.8 Å². The Morgan fingerprint density at radius 3 is 2.97 bits per heavy atom. The largest absolute Gasteiger partial charge is 0.497 e. The molecule has 150 valence electrons. The smallest absolute Gasteiger partial charge is 0.128 e. The first-order chi connectivity index (χ1) is 14.2. The number of aliphatic hydroxyl groups is 1. The second-order valence-corrected chi connectivity index (χ2v) is 6.97. The molecule has 4 aromatic rings. The summed E-state index contributed by atoms with van der Waals surface area (Å²) in [5.74, 6) is 1.59. The Labute approximate surface area is 169 Å². The maximum Gasteiger partial charge on any atom is 0.128 e. The van der Waals surface area contributed by atoms with Gasteiger partial charge in [0.05, 0.1) is 12.6 Å². The minimum Gasteiger partial charge on any atom is -0.497 e. The highest BCUT2D eigenvalue weighted by atomic mass is 16.5. The van der Waals surface area contributed by atoms with Crippen LogP contribution in [0.3, 0.4) is 0 Å². The lowest BCUT2D eigenvalue weighted by Gasteiger charge is -2.14. The number of fused-ring (bicyclic) bond motifs is 2. The number of nitrogens with one attached hydrogen (secondary N) is 2. The average molecular weight is 391 g/mol. The topological polar surface area (TPSA) is 79.4 Å². The van der Waals surface area contributed by atoms with Crippen LogP contribution in [0.1, 0.15) is 5.56 Å². The van der Waals surface area contributed by atoms with E-state index in [2.05, 4.69) is 15.3 Å². The number of rotatable bonds is 9. The number of H-pyrrole nitrogens is 1. The fourth-order valence-corrected chi connectivity index (χ4v) is 3.43. The lowest BCUT2D eigenvalue weighted by Crippen LogP contribution is -2.32. The van der Waals surface area contributed by atoms with Crippen molar-refractivity contribution in [2.45, 2.75) is 12.5 Å². The molecule has 0 spiro atoms. The Kier molecular flexibility index (Phi) is 5.93. The van der Waals surface area contributed by atoms with Crippen LogP contribution in [-0.2, 0) is 6.42 Å². The van der Waals surface area contributed by atoms with Gasteiger partial charge in [-0.05, 0) is 61.0 Å². The molecule has 0 amide bonds. The summed E-state index contributed by atoms with van der Waals surface area (Å²) in [6, 6.07) is 15.6. The Morgan fingerprint density at radius 2 is 2.07 bits per heavy atom. The number of aromatic amines is 1. The zero-order valence-corrected chi connectivity index (χ0v) is 16.4. The molecule has 0 radical (unpaired) electrons. The predicted octanol–water partition coefficient (Wildman–Crippen LogP) is 3.30. The molecule has 2 heterocycles. The molecule has 2 aromatic heterocycles. The molecular formula is C23H25N3O3. The second kappa shape index (κ2) is 8.94. The first-order valence-corrected chi connectivity index (χ1v) is 9.74. The van der Waals surface area contributed by atoms with Gasteiger partial charge in [0.2, 0.25) is 0 Å². The number of hydrogen-bond acceptors (Lipinski definition) is 5. The predicted molar refractivity (Wildman–Crippen MR) is 115 cm³/mol. The first-order valence-electron chi connectivity index (χ1n) is 9.74. The molecule has 29 heavy (non-hydrogen) atoms. The zero-order valence-electron chi connectivity index (χ0n) is 16.4. The number of ether oxygens (including phenoxy) is 2. The number of hydrogen-bond donors (Lipinski definition) is 3. The molecular weight excluding hydrogens is 366 g/mol. The molecule has 0 saturated heterocycles. The van der Waals surface area contributed by atoms with Gasteiger partial charge in [0.15, 0.2) is 0 Å². The van der Waals surface area contributed by atoms with Crippen LogP contribution in [0, 0.1) is 0 Å². The fourth-order valence-electron chi connectivity index (χ4n) is 3.43. The molecule has 3 N–H and O–H groups in total. The van der Waals surface area contributed by atoms with E-state index in [-0.39, 0.29) is 6.61 Å². The van der Waals surface area contributed by atoms with Crippen molar-refractivity contribution in [3.8, 4) is 11.5 Å². The molecule has 0 bridgehead atoms. The second-order valence-electron chi connectivity index (χ2n) is 6.97. The van der Waals surface area contributed by atoms with Crippen molar-refractivity contribution >= 4 is 21.8 Å². The van der Waals surface area contributed by atoms with Gasteiger partial charge in [0, 0.05) is 35.2 Å². The van der Waals surface area contributed by atoms with Crippen molar-refractivity contribution in [1.82, 2.24) is 15.3 Å². The minimum atomic E-state index is -0.593. The summed E-state index contributed by atoms with van der Waals surface area (Å²) in [5.41, 5.74) is 3.20. The van der Waals surface area contributed by atoms with Gasteiger partial charge in [-0.3, -0.25) is 4.98 Å². The van der Waals surface area contributed by atoms with Gasteiger partial charge in [-0.15, -0.1) is 0 Å². The average Bonchev–Trinajstić information content (AvgIpc) is 3.17. The highest BCUT2D eigenvalue weighted by Gasteiger charge is 2.09. The van der Waals surface area contributed by atoms with E-state index in [0.717, 1.165) is 40.9 Å². The molecule has 2 aromatic carbocycles. The number of methoxy groups -OCH3 is 1. The maximum absolute atomic E-state index is 10.3. The lowest BCUT2D eigenvalue weighted by molar-refractivity contribution is 0.107. The molecule has 0 aliphatic heterocycles. The van der Waals surface area contributed by atoms with Crippen LogP contribution in [-0.4, -0.2) is 48.0 Å². The Bertz CT molecular complexity index is 1090. The van der Waals surface area contributed by atoms with Crippen LogP contribution in [0.15, 0.2) is 60.9 Å². The van der Waals surface area contributed by atoms with Gasteiger partial charge < -0.3 is 24.9 Å². The van der Waals surface area contributed by atoms with Crippen molar-refractivity contribution in [1.29, 1.82) is 0 Å². The molecule has 0 aliphatic rings. The van der Waals surface area contributed by atoms with E-state index in [1.807, 2.05) is 54.7 Å². The van der Waals surface area contributed by atoms with Gasteiger partial charge in [-0.25, -0.2) is 0 Å². The normalized spacial score (nSPS) is 12.3. The van der Waals surface area contributed by atoms with Crippen molar-refractivity contribution in [2.24, 2.45) is 0 Å². The van der Waals surface area contributed by atoms with Crippen LogP contribution in [0.5, 0.6) is 11.5 Å². The van der Waals surface area contributed by atoms with E-state index in [0.29, 0.717) is 6.54 Å². The van der Waals surface area contributed by atoms with Crippen molar-refractivity contribution in [3.05, 3.63) is 66.5 Å². The van der Waals surface area contributed by atoms with Crippen molar-refractivity contribution in [3.63, 3.8) is 0 Å².